The topological polar surface area (TPSA) is 170 Å². The highest BCUT2D eigenvalue weighted by Crippen LogP contribution is 2.39. The van der Waals surface area contributed by atoms with Crippen LogP contribution in [0, 0.1) is 10.8 Å². The molecule has 4 aliphatic rings. The SMILES string of the molecule is CN.C\C=C/C=C\C=C(\OP(N)Cc1ccc2sc(C=O)cc2c1)[C@@H](C)C(=O)OCCC.O=C1CCCCC2CCCN12.O=[N+]1CC(c2cnccc2N2CCOCC2)C1. The van der Waals surface area contributed by atoms with Crippen molar-refractivity contribution in [3.8, 4) is 0 Å². The summed E-state index contributed by atoms with van der Waals surface area (Å²) in [6.07, 6.45) is 22.1. The number of benzene rings is 1. The van der Waals surface area contributed by atoms with Crippen molar-refractivity contribution >= 4 is 53.6 Å². The van der Waals surface area contributed by atoms with Crippen molar-refractivity contribution in [2.45, 2.75) is 83.8 Å². The van der Waals surface area contributed by atoms with Gasteiger partial charge in [0.15, 0.2) is 14.6 Å². The summed E-state index contributed by atoms with van der Waals surface area (Å²) < 4.78 is 18.8. The number of fused-ring (bicyclic) bond motifs is 2. The van der Waals surface area contributed by atoms with Gasteiger partial charge in [-0.1, -0.05) is 43.7 Å². The molecule has 3 aromatic rings. The first-order valence-electron chi connectivity index (χ1n) is 21.1. The maximum absolute atomic E-state index is 12.3. The molecule has 60 heavy (non-hydrogen) atoms. The second-order valence-corrected chi connectivity index (χ2v) is 17.3. The maximum atomic E-state index is 12.3. The van der Waals surface area contributed by atoms with E-state index in [0.29, 0.717) is 54.4 Å². The number of ether oxygens (including phenoxy) is 2. The highest BCUT2D eigenvalue weighted by atomic mass is 32.1. The van der Waals surface area contributed by atoms with Crippen LogP contribution in [0.4, 0.5) is 5.69 Å². The van der Waals surface area contributed by atoms with Crippen LogP contribution in [-0.4, -0.2) is 98.4 Å². The molecule has 7 rings (SSSR count). The van der Waals surface area contributed by atoms with E-state index in [9.17, 15) is 19.3 Å². The molecular weight excluding hydrogens is 800 g/mol. The molecule has 4 fully saturated rings. The van der Waals surface area contributed by atoms with E-state index < -0.39 is 14.2 Å². The van der Waals surface area contributed by atoms with E-state index in [1.54, 1.807) is 13.0 Å². The molecule has 1 aromatic carbocycles. The number of nitroso groups, excluding NO2 is 1. The molecule has 2 unspecified atom stereocenters. The number of esters is 1. The summed E-state index contributed by atoms with van der Waals surface area (Å²) in [5.74, 6) is 0.372. The van der Waals surface area contributed by atoms with Crippen molar-refractivity contribution in [2.75, 3.05) is 64.5 Å². The summed E-state index contributed by atoms with van der Waals surface area (Å²) in [6.45, 7) is 11.6. The van der Waals surface area contributed by atoms with Crippen LogP contribution in [0.2, 0.25) is 0 Å². The quantitative estimate of drug-likeness (QED) is 0.0426. The molecule has 3 atom stereocenters. The zero-order valence-corrected chi connectivity index (χ0v) is 37.4. The molecule has 1 amide bonds. The molecule has 15 heteroatoms. The van der Waals surface area contributed by atoms with Crippen LogP contribution in [0.25, 0.3) is 10.1 Å². The van der Waals surface area contributed by atoms with Gasteiger partial charge in [-0.2, -0.15) is 0 Å². The van der Waals surface area contributed by atoms with Gasteiger partial charge >= 0.3 is 5.97 Å². The number of thiophene rings is 1. The lowest BCUT2D eigenvalue weighted by Gasteiger charge is -2.32. The highest BCUT2D eigenvalue weighted by Gasteiger charge is 2.38. The number of amides is 1. The minimum Gasteiger partial charge on any atom is -0.465 e. The van der Waals surface area contributed by atoms with E-state index in [0.717, 1.165) is 78.8 Å². The molecule has 0 spiro atoms. The first kappa shape index (κ1) is 48.3. The van der Waals surface area contributed by atoms with Gasteiger partial charge < -0.3 is 29.5 Å². The molecule has 4 saturated heterocycles. The Labute approximate surface area is 360 Å². The van der Waals surface area contributed by atoms with Crippen molar-refractivity contribution in [1.82, 2.24) is 9.88 Å². The summed E-state index contributed by atoms with van der Waals surface area (Å²) in [5, 5.41) is 1.02. The number of aldehydes is 1. The Bertz CT molecular complexity index is 1920. The average Bonchev–Trinajstić information content (AvgIpc) is 3.88. The number of hydrogen-bond donors (Lipinski definition) is 2. The van der Waals surface area contributed by atoms with Gasteiger partial charge in [-0.3, -0.25) is 24.9 Å². The number of pyridine rings is 1. The monoisotopic (exact) mass is 863 g/mol. The van der Waals surface area contributed by atoms with E-state index >= 15 is 0 Å². The molecule has 2 aromatic heterocycles. The van der Waals surface area contributed by atoms with Crippen LogP contribution in [0.5, 0.6) is 0 Å². The summed E-state index contributed by atoms with van der Waals surface area (Å²) in [7, 11) is 0.163. The molecule has 0 saturated carbocycles. The lowest BCUT2D eigenvalue weighted by atomic mass is 9.93. The summed E-state index contributed by atoms with van der Waals surface area (Å²) in [4.78, 5) is 55.1. The fourth-order valence-corrected chi connectivity index (χ4v) is 9.32. The van der Waals surface area contributed by atoms with Gasteiger partial charge in [0.05, 0.1) is 24.7 Å². The minimum absolute atomic E-state index is 0.327. The Balaban J connectivity index is 0.000000219. The fourth-order valence-electron chi connectivity index (χ4n) is 7.35. The number of carbonyl (C=O) groups excluding carboxylic acids is 3. The minimum atomic E-state index is -1.34. The van der Waals surface area contributed by atoms with Crippen molar-refractivity contribution in [3.05, 3.63) is 99.8 Å². The zero-order chi connectivity index (χ0) is 43.3. The standard InChI is InChI=1S/C23H28NO4PS.C12H16N3O2.C9H15NO.CH5N/c1-4-6-7-8-9-21(17(3)23(26)27-12-5-2)28-29(24)16-18-10-11-22-19(13-18)14-20(15-25)30-22;16-15-8-10(9-15)11-7-13-2-1-12(11)14-3-5-17-6-4-14;11-9-6-2-1-4-8-5-3-7-10(8)9;1-2/h4,6-11,13-15,17H,5,12,16,24H2,1-3H3;1-2,7,10H,3-6,8-9H2;8H,1-7H2;2H2,1H3/q;+1;;/b6-4-,8-7-,21-9+;;;/t17-,29?;;;/m1.../s1. The summed E-state index contributed by atoms with van der Waals surface area (Å²) in [5.41, 5.74) is 14.3. The third kappa shape index (κ3) is 14.7. The first-order valence-corrected chi connectivity index (χ1v) is 23.4. The Morgan fingerprint density at radius 3 is 2.57 bits per heavy atom. The Hall–Kier alpha value is -4.33. The number of nitrogens with zero attached hydrogens (tertiary/aromatic N) is 4. The summed E-state index contributed by atoms with van der Waals surface area (Å²) >= 11 is 1.46. The van der Waals surface area contributed by atoms with Gasteiger partial charge in [0.1, 0.15) is 17.6 Å². The number of carbonyl (C=O) groups is 3. The smallest absolute Gasteiger partial charge is 0.316 e. The van der Waals surface area contributed by atoms with Crippen LogP contribution in [-0.2, 0) is 29.7 Å². The van der Waals surface area contributed by atoms with Crippen molar-refractivity contribution in [1.29, 1.82) is 0 Å². The first-order chi connectivity index (χ1) is 29.2. The average molecular weight is 864 g/mol. The van der Waals surface area contributed by atoms with Gasteiger partial charge in [-0.15, -0.1) is 11.3 Å². The van der Waals surface area contributed by atoms with E-state index in [4.69, 9.17) is 19.5 Å². The molecule has 6 heterocycles. The fraction of sp³-hybridized carbons (Fsp3) is 0.511. The predicted molar refractivity (Wildman–Crippen MR) is 242 cm³/mol. The second kappa shape index (κ2) is 26.1. The van der Waals surface area contributed by atoms with E-state index in [1.165, 1.54) is 55.3 Å². The number of morpholine rings is 1. The molecule has 13 nitrogen and oxygen atoms in total. The molecule has 4 aliphatic heterocycles. The second-order valence-electron chi connectivity index (χ2n) is 14.9. The van der Waals surface area contributed by atoms with Crippen LogP contribution in [0.1, 0.15) is 92.4 Å². The number of hydrogen-bond acceptors (Lipinski definition) is 12. The number of allylic oxidation sites excluding steroid dienone is 5. The van der Waals surface area contributed by atoms with Gasteiger partial charge in [0.2, 0.25) is 19.0 Å². The lowest BCUT2D eigenvalue weighted by molar-refractivity contribution is -0.611. The van der Waals surface area contributed by atoms with E-state index in [2.05, 4.69) is 20.5 Å². The normalized spacial score (nSPS) is 19.2. The molecular formula is C45H64N6O7PS+. The van der Waals surface area contributed by atoms with Gasteiger partial charge in [-0.25, -0.2) is 0 Å². The number of rotatable bonds is 13. The lowest BCUT2D eigenvalue weighted by Crippen LogP contribution is -2.40. The molecule has 0 bridgehead atoms. The van der Waals surface area contributed by atoms with Gasteiger partial charge in [0, 0.05) is 71.5 Å². The van der Waals surface area contributed by atoms with Crippen LogP contribution < -0.4 is 16.1 Å². The third-order valence-electron chi connectivity index (χ3n) is 10.5. The number of aromatic nitrogens is 1. The zero-order valence-electron chi connectivity index (χ0n) is 35.7. The van der Waals surface area contributed by atoms with Crippen LogP contribution in [0.3, 0.4) is 0 Å². The highest BCUT2D eigenvalue weighted by molar-refractivity contribution is 7.49. The van der Waals surface area contributed by atoms with Crippen molar-refractivity contribution in [3.63, 3.8) is 0 Å². The molecule has 4 N–H and O–H groups in total. The summed E-state index contributed by atoms with van der Waals surface area (Å²) in [6, 6.07) is 10.6. The van der Waals surface area contributed by atoms with E-state index in [1.807, 2.05) is 80.9 Å². The predicted octanol–water partition coefficient (Wildman–Crippen LogP) is 8.03. The van der Waals surface area contributed by atoms with Crippen molar-refractivity contribution in [2.24, 2.45) is 17.2 Å². The maximum Gasteiger partial charge on any atom is 0.316 e. The molecule has 326 valence electrons. The van der Waals surface area contributed by atoms with Gasteiger partial charge in [0.25, 0.3) is 0 Å². The third-order valence-corrected chi connectivity index (χ3v) is 12.7. The van der Waals surface area contributed by atoms with Crippen molar-refractivity contribution < 1.29 is 33.1 Å². The Kier molecular flexibility index (Phi) is 21.0. The van der Waals surface area contributed by atoms with Crippen LogP contribution in [0.15, 0.2) is 78.9 Å². The Morgan fingerprint density at radius 1 is 1.08 bits per heavy atom. The largest absolute Gasteiger partial charge is 0.465 e. The molecule has 0 aliphatic carbocycles. The number of anilines is 1. The Morgan fingerprint density at radius 2 is 1.85 bits per heavy atom. The van der Waals surface area contributed by atoms with Crippen LogP contribution >= 0.6 is 19.6 Å². The number of nitrogens with two attached hydrogens (primary N) is 2. The van der Waals surface area contributed by atoms with E-state index in [-0.39, 0.29) is 5.97 Å². The van der Waals surface area contributed by atoms with Gasteiger partial charge in [-0.05, 0) is 99.1 Å². The molecule has 0 radical (unpaired) electrons.